The van der Waals surface area contributed by atoms with Crippen LogP contribution in [-0.4, -0.2) is 58.9 Å². The van der Waals surface area contributed by atoms with Gasteiger partial charge in [-0.15, -0.1) is 11.3 Å². The van der Waals surface area contributed by atoms with Gasteiger partial charge in [-0.2, -0.15) is 0 Å². The predicted octanol–water partition coefficient (Wildman–Crippen LogP) is 1.89. The monoisotopic (exact) mass is 404 g/mol. The normalized spacial score (nSPS) is 18.2. The van der Waals surface area contributed by atoms with E-state index in [-0.39, 0.29) is 0 Å². The van der Waals surface area contributed by atoms with Gasteiger partial charge < -0.3 is 15.3 Å². The fraction of sp³-hybridized carbons (Fsp3) is 0.500. The third-order valence-electron chi connectivity index (χ3n) is 4.09. The Morgan fingerprint density at radius 3 is 2.69 bits per heavy atom. The molecule has 1 saturated heterocycles. The summed E-state index contributed by atoms with van der Waals surface area (Å²) in [6.45, 7) is -1.04. The molecule has 2 unspecified atom stereocenters. The van der Waals surface area contributed by atoms with E-state index in [0.717, 1.165) is 11.3 Å². The van der Waals surface area contributed by atoms with Crippen molar-refractivity contribution in [3.05, 3.63) is 21.3 Å². The largest absolute Gasteiger partial charge is 0.481 e. The number of hydrogen-bond donors (Lipinski definition) is 2. The predicted molar refractivity (Wildman–Crippen MR) is 93.2 cm³/mol. The Morgan fingerprint density at radius 1 is 1.38 bits per heavy atom. The van der Waals surface area contributed by atoms with Gasteiger partial charge in [0.05, 0.1) is 11.4 Å². The van der Waals surface area contributed by atoms with Crippen LogP contribution in [0.3, 0.4) is 0 Å². The van der Waals surface area contributed by atoms with Crippen LogP contribution in [0.25, 0.3) is 0 Å². The fourth-order valence-electron chi connectivity index (χ4n) is 2.81. The minimum absolute atomic E-state index is 0.293. The molecule has 142 valence electrons. The quantitative estimate of drug-likeness (QED) is 0.722. The smallest absolute Gasteiger partial charge is 0.305 e. The Labute approximate surface area is 158 Å². The summed E-state index contributed by atoms with van der Waals surface area (Å²) >= 11 is 7.15. The summed E-state index contributed by atoms with van der Waals surface area (Å²) in [4.78, 5) is 49.4. The first kappa shape index (κ1) is 20.3. The molecule has 0 aliphatic carbocycles. The van der Waals surface area contributed by atoms with Crippen molar-refractivity contribution in [3.8, 4) is 0 Å². The first-order valence-corrected chi connectivity index (χ1v) is 9.25. The highest BCUT2D eigenvalue weighted by molar-refractivity contribution is 7.12. The first-order valence-electron chi connectivity index (χ1n) is 8.00. The van der Waals surface area contributed by atoms with E-state index >= 15 is 0 Å². The van der Waals surface area contributed by atoms with Gasteiger partial charge in [0.2, 0.25) is 5.91 Å². The lowest BCUT2D eigenvalue weighted by Crippen LogP contribution is -2.55. The third-order valence-corrected chi connectivity index (χ3v) is 5.42. The highest BCUT2D eigenvalue weighted by atomic mass is 35.5. The number of hydrogen-bond acceptors (Lipinski definition) is 5. The summed E-state index contributed by atoms with van der Waals surface area (Å²) in [7, 11) is 0. The maximum absolute atomic E-state index is 12.7. The number of carboxylic acids is 1. The third kappa shape index (κ3) is 4.79. The van der Waals surface area contributed by atoms with Gasteiger partial charge in [0.1, 0.15) is 23.6 Å². The van der Waals surface area contributed by atoms with E-state index in [0.29, 0.717) is 35.7 Å². The molecule has 7 nitrogen and oxygen atoms in total. The number of ketones is 1. The van der Waals surface area contributed by atoms with E-state index in [9.17, 15) is 23.6 Å². The van der Waals surface area contributed by atoms with Gasteiger partial charge in [-0.05, 0) is 30.7 Å². The minimum Gasteiger partial charge on any atom is -0.481 e. The molecule has 2 atom stereocenters. The molecule has 26 heavy (non-hydrogen) atoms. The van der Waals surface area contributed by atoms with Crippen LogP contribution in [0.15, 0.2) is 11.4 Å². The van der Waals surface area contributed by atoms with E-state index in [1.807, 2.05) is 0 Å². The van der Waals surface area contributed by atoms with Crippen LogP contribution < -0.4 is 5.32 Å². The Bertz CT molecular complexity index is 711. The number of carbonyl (C=O) groups excluding carboxylic acids is 3. The minimum atomic E-state index is -1.46. The molecule has 2 amide bonds. The Morgan fingerprint density at radius 2 is 2.12 bits per heavy atom. The van der Waals surface area contributed by atoms with Crippen molar-refractivity contribution in [2.75, 3.05) is 13.2 Å². The fourth-order valence-corrected chi connectivity index (χ4v) is 3.90. The number of likely N-dealkylation sites (tertiary alicyclic amines) is 1. The van der Waals surface area contributed by atoms with Gasteiger partial charge in [-0.25, -0.2) is 4.39 Å². The average molecular weight is 405 g/mol. The maximum atomic E-state index is 12.7. The summed E-state index contributed by atoms with van der Waals surface area (Å²) in [6, 6.07) is -0.742. The van der Waals surface area contributed by atoms with Crippen LogP contribution >= 0.6 is 22.9 Å². The molecular weight excluding hydrogens is 387 g/mol. The summed E-state index contributed by atoms with van der Waals surface area (Å²) in [5, 5.41) is 13.1. The van der Waals surface area contributed by atoms with Crippen molar-refractivity contribution in [1.29, 1.82) is 0 Å². The number of nitrogens with one attached hydrogen (secondary N) is 1. The molecule has 1 aliphatic heterocycles. The van der Waals surface area contributed by atoms with Crippen molar-refractivity contribution in [2.24, 2.45) is 0 Å². The van der Waals surface area contributed by atoms with E-state index in [4.69, 9.17) is 16.7 Å². The number of halogens is 2. The van der Waals surface area contributed by atoms with Gasteiger partial charge in [0.25, 0.3) is 5.91 Å². The maximum Gasteiger partial charge on any atom is 0.305 e. The van der Waals surface area contributed by atoms with Crippen LogP contribution in [-0.2, 0) is 14.4 Å². The Balaban J connectivity index is 2.16. The standard InChI is InChI=1S/C16H18ClFN2O5S/c17-9-4-6-26-14(9)16(25)20-5-2-1-3-11(20)15(24)19-10(7-13(22)23)12(21)8-18/h4,6,10-11H,1-3,5,7-8H2,(H,19,24)(H,22,23). The van der Waals surface area contributed by atoms with Crippen LogP contribution in [0.5, 0.6) is 0 Å². The summed E-state index contributed by atoms with van der Waals surface area (Å²) in [5.41, 5.74) is 0. The SMILES string of the molecule is O=C(O)CC(NC(=O)C1CCCCN1C(=O)c1sccc1Cl)C(=O)CF. The lowest BCUT2D eigenvalue weighted by molar-refractivity contribution is -0.140. The van der Waals surface area contributed by atoms with Crippen molar-refractivity contribution in [3.63, 3.8) is 0 Å². The van der Waals surface area contributed by atoms with Crippen LogP contribution in [0.4, 0.5) is 4.39 Å². The first-order chi connectivity index (χ1) is 12.3. The molecule has 1 aliphatic rings. The number of aliphatic carboxylic acids is 1. The van der Waals surface area contributed by atoms with E-state index < -0.39 is 48.7 Å². The summed E-state index contributed by atoms with van der Waals surface area (Å²) < 4.78 is 12.6. The van der Waals surface area contributed by atoms with Crippen molar-refractivity contribution in [1.82, 2.24) is 10.2 Å². The van der Waals surface area contributed by atoms with E-state index in [1.54, 1.807) is 11.4 Å². The number of piperidine rings is 1. The molecule has 2 N–H and O–H groups in total. The van der Waals surface area contributed by atoms with E-state index in [1.165, 1.54) is 4.90 Å². The Hall–Kier alpha value is -2.00. The topological polar surface area (TPSA) is 104 Å². The lowest BCUT2D eigenvalue weighted by Gasteiger charge is -2.35. The number of carbonyl (C=O) groups is 4. The zero-order valence-electron chi connectivity index (χ0n) is 13.7. The number of Topliss-reactive ketones (excluding diaryl/α,β-unsaturated/α-hetero) is 1. The van der Waals surface area contributed by atoms with Crippen molar-refractivity contribution in [2.45, 2.75) is 37.8 Å². The van der Waals surface area contributed by atoms with Crippen LogP contribution in [0.1, 0.15) is 35.4 Å². The number of carboxylic acid groups (broad SMARTS) is 1. The number of nitrogens with zero attached hydrogens (tertiary/aromatic N) is 1. The van der Waals surface area contributed by atoms with Crippen LogP contribution in [0, 0.1) is 0 Å². The zero-order valence-corrected chi connectivity index (χ0v) is 15.3. The highest BCUT2D eigenvalue weighted by Gasteiger charge is 2.35. The molecule has 0 saturated carbocycles. The molecule has 1 fully saturated rings. The highest BCUT2D eigenvalue weighted by Crippen LogP contribution is 2.27. The van der Waals surface area contributed by atoms with Gasteiger partial charge >= 0.3 is 5.97 Å². The summed E-state index contributed by atoms with van der Waals surface area (Å²) in [5.74, 6) is -3.41. The molecule has 1 aromatic heterocycles. The number of thiophene rings is 1. The molecule has 1 aromatic rings. The number of rotatable bonds is 7. The van der Waals surface area contributed by atoms with Crippen molar-refractivity contribution >= 4 is 46.5 Å². The molecular formula is C16H18ClFN2O5S. The average Bonchev–Trinajstić information content (AvgIpc) is 3.05. The Kier molecular flexibility index (Phi) is 7.10. The van der Waals surface area contributed by atoms with Gasteiger partial charge in [0, 0.05) is 6.54 Å². The molecule has 0 bridgehead atoms. The zero-order chi connectivity index (χ0) is 19.3. The number of amides is 2. The molecule has 10 heteroatoms. The second-order valence-electron chi connectivity index (χ2n) is 5.87. The van der Waals surface area contributed by atoms with Gasteiger partial charge in [-0.1, -0.05) is 11.6 Å². The molecule has 0 aromatic carbocycles. The van der Waals surface area contributed by atoms with Crippen LogP contribution in [0.2, 0.25) is 5.02 Å². The molecule has 0 spiro atoms. The molecule has 0 radical (unpaired) electrons. The second kappa shape index (κ2) is 9.09. The summed E-state index contributed by atoms with van der Waals surface area (Å²) in [6.07, 6.45) is 1.05. The van der Waals surface area contributed by atoms with Gasteiger partial charge in [-0.3, -0.25) is 19.2 Å². The van der Waals surface area contributed by atoms with Gasteiger partial charge in [0.15, 0.2) is 5.78 Å². The van der Waals surface area contributed by atoms with E-state index in [2.05, 4.69) is 5.32 Å². The number of alkyl halides is 1. The second-order valence-corrected chi connectivity index (χ2v) is 7.19. The van der Waals surface area contributed by atoms with Crippen molar-refractivity contribution < 1.29 is 28.7 Å². The lowest BCUT2D eigenvalue weighted by atomic mass is 10.00. The molecule has 2 rings (SSSR count). The molecule has 2 heterocycles.